The molecule has 8 nitrogen and oxygen atoms in total. The largest absolute Gasteiger partial charge is 0.490 e. The number of nitrogens with zero attached hydrogens (tertiary/aromatic N) is 1. The number of nitrogens with one attached hydrogen (secondary N) is 3. The van der Waals surface area contributed by atoms with Crippen molar-refractivity contribution in [2.75, 3.05) is 31.6 Å². The van der Waals surface area contributed by atoms with Gasteiger partial charge in [-0.05, 0) is 31.2 Å². The number of anilines is 1. The van der Waals surface area contributed by atoms with Gasteiger partial charge in [0.25, 0.3) is 5.91 Å². The molecular formula is C17H20ClFN4O4S. The first kappa shape index (κ1) is 20.6. The van der Waals surface area contributed by atoms with Crippen molar-refractivity contribution in [3.05, 3.63) is 40.9 Å². The molecular weight excluding hydrogens is 411 g/mol. The second kappa shape index (κ2) is 8.48. The van der Waals surface area contributed by atoms with Gasteiger partial charge in [0.05, 0.1) is 11.6 Å². The number of halogens is 2. The monoisotopic (exact) mass is 430 g/mol. The third kappa shape index (κ3) is 4.46. The third-order valence-electron chi connectivity index (χ3n) is 4.12. The lowest BCUT2D eigenvalue weighted by molar-refractivity contribution is 0.101. The minimum absolute atomic E-state index is 0.0254. The van der Waals surface area contributed by atoms with Crippen molar-refractivity contribution >= 4 is 33.2 Å². The van der Waals surface area contributed by atoms with E-state index in [1.165, 1.54) is 22.9 Å². The van der Waals surface area contributed by atoms with Crippen molar-refractivity contribution in [1.82, 2.24) is 14.6 Å². The highest BCUT2D eigenvalue weighted by Crippen LogP contribution is 2.31. The Balaban J connectivity index is 1.97. The van der Waals surface area contributed by atoms with Crippen LogP contribution in [0.15, 0.2) is 29.3 Å². The maximum Gasteiger partial charge on any atom is 0.276 e. The van der Waals surface area contributed by atoms with Crippen molar-refractivity contribution in [3.8, 4) is 5.75 Å². The lowest BCUT2D eigenvalue weighted by Gasteiger charge is -2.11. The van der Waals surface area contributed by atoms with Gasteiger partial charge < -0.3 is 19.9 Å². The molecule has 1 aliphatic rings. The van der Waals surface area contributed by atoms with E-state index < -0.39 is 21.7 Å². The third-order valence-corrected chi connectivity index (χ3v) is 5.87. The Morgan fingerprint density at radius 2 is 2.11 bits per heavy atom. The van der Waals surface area contributed by atoms with Gasteiger partial charge in [0.2, 0.25) is 10.0 Å². The quantitative estimate of drug-likeness (QED) is 0.673. The SMILES string of the molecule is Cn1cc2c(c1C(=O)Nc1ccc(F)c(Cl)c1)OCCCNCCNS2(=O)=O. The van der Waals surface area contributed by atoms with Crippen molar-refractivity contribution in [3.63, 3.8) is 0 Å². The summed E-state index contributed by atoms with van der Waals surface area (Å²) in [5.41, 5.74) is 0.307. The average Bonchev–Trinajstić information content (AvgIpc) is 2.96. The highest BCUT2D eigenvalue weighted by molar-refractivity contribution is 7.89. The van der Waals surface area contributed by atoms with Gasteiger partial charge in [-0.1, -0.05) is 11.6 Å². The van der Waals surface area contributed by atoms with Crippen molar-refractivity contribution < 1.29 is 22.3 Å². The molecule has 0 spiro atoms. The number of fused-ring (bicyclic) bond motifs is 1. The highest BCUT2D eigenvalue weighted by Gasteiger charge is 2.29. The fourth-order valence-corrected chi connectivity index (χ4v) is 4.19. The molecule has 0 fully saturated rings. The van der Waals surface area contributed by atoms with E-state index in [-0.39, 0.29) is 40.2 Å². The molecule has 1 amide bonds. The second-order valence-corrected chi connectivity index (χ2v) is 8.36. The molecule has 11 heteroatoms. The van der Waals surface area contributed by atoms with Gasteiger partial charge in [0.1, 0.15) is 10.7 Å². The van der Waals surface area contributed by atoms with Gasteiger partial charge in [-0.2, -0.15) is 0 Å². The summed E-state index contributed by atoms with van der Waals surface area (Å²) in [5, 5.41) is 5.55. The molecule has 2 aromatic rings. The molecule has 1 aromatic heterocycles. The zero-order valence-corrected chi connectivity index (χ0v) is 16.7. The van der Waals surface area contributed by atoms with Crippen LogP contribution in [0, 0.1) is 5.82 Å². The van der Waals surface area contributed by atoms with Crippen LogP contribution in [0.3, 0.4) is 0 Å². The fraction of sp³-hybridized carbons (Fsp3) is 0.353. The smallest absolute Gasteiger partial charge is 0.276 e. The summed E-state index contributed by atoms with van der Waals surface area (Å²) >= 11 is 5.75. The van der Waals surface area contributed by atoms with E-state index >= 15 is 0 Å². The van der Waals surface area contributed by atoms with Crippen LogP contribution < -0.4 is 20.1 Å². The summed E-state index contributed by atoms with van der Waals surface area (Å²) in [7, 11) is -2.32. The summed E-state index contributed by atoms with van der Waals surface area (Å²) in [6.45, 7) is 1.59. The van der Waals surface area contributed by atoms with E-state index in [1.807, 2.05) is 0 Å². The van der Waals surface area contributed by atoms with E-state index in [9.17, 15) is 17.6 Å². The van der Waals surface area contributed by atoms with Gasteiger partial charge in [0, 0.05) is 32.0 Å². The Hall–Kier alpha value is -2.14. The van der Waals surface area contributed by atoms with E-state index in [0.717, 1.165) is 6.07 Å². The maximum absolute atomic E-state index is 13.3. The second-order valence-electron chi connectivity index (χ2n) is 6.21. The predicted molar refractivity (Wildman–Crippen MR) is 103 cm³/mol. The molecule has 0 saturated carbocycles. The van der Waals surface area contributed by atoms with E-state index in [2.05, 4.69) is 15.4 Å². The fourth-order valence-electron chi connectivity index (χ4n) is 2.78. The van der Waals surface area contributed by atoms with Gasteiger partial charge in [0.15, 0.2) is 11.4 Å². The number of aromatic nitrogens is 1. The number of amides is 1. The molecule has 152 valence electrons. The van der Waals surface area contributed by atoms with Crippen LogP contribution in [-0.4, -0.2) is 45.1 Å². The van der Waals surface area contributed by atoms with Gasteiger partial charge in [-0.25, -0.2) is 17.5 Å². The number of rotatable bonds is 2. The summed E-state index contributed by atoms with van der Waals surface area (Å²) < 4.78 is 48.1. The van der Waals surface area contributed by atoms with Crippen LogP contribution in [0.1, 0.15) is 16.9 Å². The topological polar surface area (TPSA) is 101 Å². The summed E-state index contributed by atoms with van der Waals surface area (Å²) in [6.07, 6.45) is 1.97. The number of carbonyl (C=O) groups excluding carboxylic acids is 1. The standard InChI is InChI=1S/C17H20ClFN4O4S/c1-23-10-14-16(27-8-2-5-20-6-7-21-28(14,25)26)15(23)17(24)22-11-3-4-13(19)12(18)9-11/h3-4,9-10,20-21H,2,5-8H2,1H3,(H,22,24). The van der Waals surface area contributed by atoms with Gasteiger partial charge in [-0.3, -0.25) is 4.79 Å². The molecule has 1 aromatic carbocycles. The minimum Gasteiger partial charge on any atom is -0.490 e. The maximum atomic E-state index is 13.3. The highest BCUT2D eigenvalue weighted by atomic mass is 35.5. The Morgan fingerprint density at radius 1 is 1.32 bits per heavy atom. The summed E-state index contributed by atoms with van der Waals surface area (Å²) in [4.78, 5) is 12.7. The number of ether oxygens (including phenoxy) is 1. The van der Waals surface area contributed by atoms with Crippen molar-refractivity contribution in [2.45, 2.75) is 11.3 Å². The van der Waals surface area contributed by atoms with Gasteiger partial charge in [-0.15, -0.1) is 0 Å². The first-order valence-corrected chi connectivity index (χ1v) is 10.4. The minimum atomic E-state index is -3.86. The molecule has 0 aliphatic carbocycles. The van der Waals surface area contributed by atoms with Crippen LogP contribution in [0.25, 0.3) is 0 Å². The van der Waals surface area contributed by atoms with E-state index in [4.69, 9.17) is 16.3 Å². The van der Waals surface area contributed by atoms with E-state index in [0.29, 0.717) is 19.5 Å². The Labute approximate surface area is 167 Å². The van der Waals surface area contributed by atoms with Crippen LogP contribution >= 0.6 is 11.6 Å². The zero-order chi connectivity index (χ0) is 20.3. The van der Waals surface area contributed by atoms with Crippen molar-refractivity contribution in [2.24, 2.45) is 7.05 Å². The molecule has 2 heterocycles. The Bertz CT molecular complexity index is 993. The normalized spacial score (nSPS) is 17.1. The number of hydrogen-bond donors (Lipinski definition) is 3. The molecule has 1 aliphatic heterocycles. The number of aryl methyl sites for hydroxylation is 1. The van der Waals surface area contributed by atoms with Crippen LogP contribution in [0.5, 0.6) is 5.75 Å². The number of hydrogen-bond acceptors (Lipinski definition) is 5. The van der Waals surface area contributed by atoms with Gasteiger partial charge >= 0.3 is 0 Å². The van der Waals surface area contributed by atoms with E-state index in [1.54, 1.807) is 7.05 Å². The molecule has 3 rings (SSSR count). The first-order valence-electron chi connectivity index (χ1n) is 8.58. The predicted octanol–water partition coefficient (Wildman–Crippen LogP) is 1.72. The summed E-state index contributed by atoms with van der Waals surface area (Å²) in [6, 6.07) is 3.75. The molecule has 0 unspecified atom stereocenters. The number of benzene rings is 1. The molecule has 28 heavy (non-hydrogen) atoms. The molecule has 0 bridgehead atoms. The number of carbonyl (C=O) groups is 1. The lowest BCUT2D eigenvalue weighted by atomic mass is 10.3. The Morgan fingerprint density at radius 3 is 2.86 bits per heavy atom. The molecule has 3 N–H and O–H groups in total. The molecule has 0 atom stereocenters. The molecule has 0 saturated heterocycles. The average molecular weight is 431 g/mol. The summed E-state index contributed by atoms with van der Waals surface area (Å²) in [5.74, 6) is -1.24. The van der Waals surface area contributed by atoms with Crippen LogP contribution in [-0.2, 0) is 17.1 Å². The molecule has 0 radical (unpaired) electrons. The van der Waals surface area contributed by atoms with Crippen LogP contribution in [0.4, 0.5) is 10.1 Å². The first-order chi connectivity index (χ1) is 13.3. The zero-order valence-electron chi connectivity index (χ0n) is 15.1. The van der Waals surface area contributed by atoms with Crippen LogP contribution in [0.2, 0.25) is 5.02 Å². The lowest BCUT2D eigenvalue weighted by Crippen LogP contribution is -2.31. The Kier molecular flexibility index (Phi) is 6.23. The number of sulfonamides is 1. The van der Waals surface area contributed by atoms with Crippen molar-refractivity contribution in [1.29, 1.82) is 0 Å².